The molecule has 4 heteroatoms. The van der Waals surface area contributed by atoms with Crippen LogP contribution in [0.15, 0.2) is 35.3 Å². The van der Waals surface area contributed by atoms with Crippen molar-refractivity contribution in [1.29, 1.82) is 0 Å². The van der Waals surface area contributed by atoms with Gasteiger partial charge in [-0.15, -0.1) is 0 Å². The Kier molecular flexibility index (Phi) is 5.27. The van der Waals surface area contributed by atoms with Gasteiger partial charge in [-0.05, 0) is 47.9 Å². The number of carbonyl (C=O) groups is 1. The molecule has 0 saturated heterocycles. The maximum atomic E-state index is 12.4. The monoisotopic (exact) mass is 352 g/mol. The zero-order chi connectivity index (χ0) is 17.4. The van der Waals surface area contributed by atoms with Gasteiger partial charge >= 0.3 is 5.97 Å². The van der Waals surface area contributed by atoms with Crippen molar-refractivity contribution >= 4 is 34.7 Å². The van der Waals surface area contributed by atoms with E-state index in [9.17, 15) is 4.79 Å². The van der Waals surface area contributed by atoms with Gasteiger partial charge in [-0.3, -0.25) is 4.79 Å². The van der Waals surface area contributed by atoms with Gasteiger partial charge < -0.3 is 4.74 Å². The Hall–Kier alpha value is -1.25. The average Bonchev–Trinajstić information content (AvgIpc) is 2.97. The number of esters is 1. The zero-order valence-electron chi connectivity index (χ0n) is 14.0. The van der Waals surface area contributed by atoms with Crippen LogP contribution < -0.4 is 0 Å². The third kappa shape index (κ3) is 3.81. The first-order valence-electron chi connectivity index (χ1n) is 7.60. The van der Waals surface area contributed by atoms with Gasteiger partial charge in [0.2, 0.25) is 0 Å². The fourth-order valence-corrected chi connectivity index (χ4v) is 3.39. The Bertz CT molecular complexity index is 670. The van der Waals surface area contributed by atoms with Crippen molar-refractivity contribution < 1.29 is 9.53 Å². The number of allylic oxidation sites excluding steroid dienone is 2. The van der Waals surface area contributed by atoms with Crippen LogP contribution >= 0.6 is 23.2 Å². The van der Waals surface area contributed by atoms with Crippen molar-refractivity contribution in [2.75, 3.05) is 0 Å². The number of ether oxygens (including phenoxy) is 1. The summed E-state index contributed by atoms with van der Waals surface area (Å²) in [6.45, 7) is 12.3. The summed E-state index contributed by atoms with van der Waals surface area (Å²) in [6.07, 6.45) is 1.72. The summed E-state index contributed by atoms with van der Waals surface area (Å²) in [5.41, 5.74) is 4.03. The molecule has 2 atom stereocenters. The minimum atomic E-state index is -0.203. The number of carbonyl (C=O) groups excluding carboxylic acids is 1. The molecule has 1 aromatic rings. The van der Waals surface area contributed by atoms with E-state index >= 15 is 0 Å². The second-order valence-corrected chi connectivity index (χ2v) is 7.77. The zero-order valence-corrected chi connectivity index (χ0v) is 15.5. The van der Waals surface area contributed by atoms with Crippen LogP contribution in [-0.4, -0.2) is 5.97 Å². The minimum absolute atomic E-state index is 0.0304. The van der Waals surface area contributed by atoms with Crippen LogP contribution in [0.25, 0.3) is 5.57 Å². The van der Waals surface area contributed by atoms with E-state index in [0.717, 1.165) is 22.3 Å². The van der Waals surface area contributed by atoms with Crippen LogP contribution in [0.3, 0.4) is 0 Å². The highest BCUT2D eigenvalue weighted by Crippen LogP contribution is 2.60. The van der Waals surface area contributed by atoms with E-state index in [0.29, 0.717) is 0 Å². The topological polar surface area (TPSA) is 26.3 Å². The molecule has 0 aromatic heterocycles. The second kappa shape index (κ2) is 6.70. The molecule has 0 unspecified atom stereocenters. The first-order valence-corrected chi connectivity index (χ1v) is 8.35. The van der Waals surface area contributed by atoms with Gasteiger partial charge in [-0.25, -0.2) is 0 Å². The molecule has 2 nitrogen and oxygen atoms in total. The number of hydrogen-bond donors (Lipinski definition) is 0. The molecule has 1 aliphatic carbocycles. The predicted molar refractivity (Wildman–Crippen MR) is 96.2 cm³/mol. The normalized spacial score (nSPS) is 21.5. The number of halogens is 2. The molecule has 23 heavy (non-hydrogen) atoms. The summed E-state index contributed by atoms with van der Waals surface area (Å²) < 4.78 is 5.73. The van der Waals surface area contributed by atoms with E-state index in [2.05, 4.69) is 6.58 Å². The number of rotatable bonds is 5. The summed E-state index contributed by atoms with van der Waals surface area (Å²) in [6, 6.07) is 5.95. The predicted octanol–water partition coefficient (Wildman–Crippen LogP) is 5.66. The van der Waals surface area contributed by atoms with Crippen LogP contribution in [0.5, 0.6) is 0 Å². The van der Waals surface area contributed by atoms with Crippen molar-refractivity contribution in [3.8, 4) is 0 Å². The first-order chi connectivity index (χ1) is 10.7. The Morgan fingerprint density at radius 3 is 2.61 bits per heavy atom. The fourth-order valence-electron chi connectivity index (χ4n) is 3.12. The quantitative estimate of drug-likeness (QED) is 0.638. The molecule has 0 amide bonds. The number of benzene rings is 1. The van der Waals surface area contributed by atoms with Crippen molar-refractivity contribution in [2.45, 2.75) is 34.3 Å². The van der Waals surface area contributed by atoms with Crippen LogP contribution in [0.1, 0.15) is 37.5 Å². The maximum Gasteiger partial charge on any atom is 0.310 e. The van der Waals surface area contributed by atoms with Crippen LogP contribution in [0.4, 0.5) is 0 Å². The molecule has 1 saturated carbocycles. The molecule has 0 heterocycles. The lowest BCUT2D eigenvalue weighted by Gasteiger charge is -2.12. The summed E-state index contributed by atoms with van der Waals surface area (Å²) in [5.74, 6) is -0.367. The lowest BCUT2D eigenvalue weighted by molar-refractivity contribution is -0.147. The van der Waals surface area contributed by atoms with Gasteiger partial charge in [0.05, 0.1) is 5.92 Å². The Balaban J connectivity index is 2.05. The molecule has 124 valence electrons. The van der Waals surface area contributed by atoms with E-state index in [1.165, 1.54) is 0 Å². The molecule has 1 aliphatic rings. The van der Waals surface area contributed by atoms with Crippen molar-refractivity contribution in [3.05, 3.63) is 52.0 Å². The summed E-state index contributed by atoms with van der Waals surface area (Å²) >= 11 is 11.4. The SMILES string of the molecule is C=C(C)c1cccc(COC(=O)[C@@H]2[C@@H](C=C(Cl)Cl)C2(C)C)c1C. The molecule has 0 bridgehead atoms. The van der Waals surface area contributed by atoms with Crippen molar-refractivity contribution in [1.82, 2.24) is 0 Å². The smallest absolute Gasteiger partial charge is 0.310 e. The highest BCUT2D eigenvalue weighted by Gasteiger charge is 2.61. The molecule has 0 aliphatic heterocycles. The van der Waals surface area contributed by atoms with Gasteiger partial charge in [0.25, 0.3) is 0 Å². The van der Waals surface area contributed by atoms with Crippen LogP contribution in [-0.2, 0) is 16.1 Å². The van der Waals surface area contributed by atoms with Crippen LogP contribution in [0.2, 0.25) is 0 Å². The van der Waals surface area contributed by atoms with Gasteiger partial charge in [0, 0.05) is 0 Å². The first kappa shape index (κ1) is 18.1. The third-order valence-corrected chi connectivity index (χ3v) is 5.00. The molecule has 1 fully saturated rings. The minimum Gasteiger partial charge on any atom is -0.461 e. The summed E-state index contributed by atoms with van der Waals surface area (Å²) in [4.78, 5) is 12.4. The molecule has 2 rings (SSSR count). The summed E-state index contributed by atoms with van der Waals surface area (Å²) in [5, 5.41) is 0. The third-order valence-electron chi connectivity index (χ3n) is 4.75. The Morgan fingerprint density at radius 1 is 1.39 bits per heavy atom. The highest BCUT2D eigenvalue weighted by atomic mass is 35.5. The lowest BCUT2D eigenvalue weighted by atomic mass is 9.98. The van der Waals surface area contributed by atoms with Gasteiger partial charge in [-0.1, -0.05) is 67.4 Å². The number of hydrogen-bond acceptors (Lipinski definition) is 2. The molecular formula is C19H22Cl2O2. The average molecular weight is 353 g/mol. The van der Waals surface area contributed by atoms with Crippen molar-refractivity contribution in [3.63, 3.8) is 0 Å². The second-order valence-electron chi connectivity index (χ2n) is 6.76. The fraction of sp³-hybridized carbons (Fsp3) is 0.421. The van der Waals surface area contributed by atoms with Crippen molar-refractivity contribution in [2.24, 2.45) is 17.3 Å². The maximum absolute atomic E-state index is 12.4. The standard InChI is InChI=1S/C19H22Cl2O2/c1-11(2)14-8-6-7-13(12(14)3)10-23-18(22)17-15(9-16(20)21)19(17,4)5/h6-9,15,17H,1,10H2,2-5H3/t15-,17+/m1/s1. The van der Waals surface area contributed by atoms with E-state index in [-0.39, 0.29) is 34.3 Å². The van der Waals surface area contributed by atoms with E-state index in [1.807, 2.05) is 45.9 Å². The van der Waals surface area contributed by atoms with Gasteiger partial charge in [0.15, 0.2) is 0 Å². The van der Waals surface area contributed by atoms with Crippen LogP contribution in [0, 0.1) is 24.2 Å². The highest BCUT2D eigenvalue weighted by molar-refractivity contribution is 6.55. The van der Waals surface area contributed by atoms with Gasteiger partial charge in [-0.2, -0.15) is 0 Å². The largest absolute Gasteiger partial charge is 0.461 e. The van der Waals surface area contributed by atoms with E-state index in [1.54, 1.807) is 6.08 Å². The lowest BCUT2D eigenvalue weighted by Crippen LogP contribution is -2.11. The van der Waals surface area contributed by atoms with Gasteiger partial charge in [0.1, 0.15) is 11.1 Å². The molecular weight excluding hydrogens is 331 g/mol. The molecule has 0 radical (unpaired) electrons. The van der Waals surface area contributed by atoms with E-state index in [4.69, 9.17) is 27.9 Å². The van der Waals surface area contributed by atoms with E-state index < -0.39 is 0 Å². The Labute approximate surface area is 148 Å². The molecule has 0 N–H and O–H groups in total. The molecule has 0 spiro atoms. The Morgan fingerprint density at radius 2 is 2.04 bits per heavy atom. The summed E-state index contributed by atoms with van der Waals surface area (Å²) in [7, 11) is 0. The molecule has 1 aromatic carbocycles.